The van der Waals surface area contributed by atoms with E-state index in [1.165, 1.54) is 16.9 Å². The first kappa shape index (κ1) is 20.3. The van der Waals surface area contributed by atoms with Gasteiger partial charge < -0.3 is 10.3 Å². The first-order valence-corrected chi connectivity index (χ1v) is 11.1. The van der Waals surface area contributed by atoms with Gasteiger partial charge in [0.15, 0.2) is 5.65 Å². The van der Waals surface area contributed by atoms with Crippen LogP contribution in [0.5, 0.6) is 0 Å². The molecule has 3 aromatic heterocycles. The van der Waals surface area contributed by atoms with Crippen LogP contribution in [0.15, 0.2) is 54.2 Å². The zero-order valence-corrected chi connectivity index (χ0v) is 18.3. The molecule has 4 aromatic rings. The van der Waals surface area contributed by atoms with Crippen molar-refractivity contribution in [3.63, 3.8) is 0 Å². The first-order valence-electron chi connectivity index (χ1n) is 10.2. The Kier molecular flexibility index (Phi) is 5.68. The molecule has 0 spiro atoms. The summed E-state index contributed by atoms with van der Waals surface area (Å²) >= 11 is 1.46. The Bertz CT molecular complexity index is 1140. The quantitative estimate of drug-likeness (QED) is 0.415. The van der Waals surface area contributed by atoms with E-state index in [4.69, 9.17) is 0 Å². The van der Waals surface area contributed by atoms with Crippen LogP contribution in [-0.2, 0) is 11.8 Å². The Morgan fingerprint density at radius 1 is 1.10 bits per heavy atom. The van der Waals surface area contributed by atoms with Crippen molar-refractivity contribution in [3.8, 4) is 11.3 Å². The van der Waals surface area contributed by atoms with Crippen LogP contribution in [0.3, 0.4) is 0 Å². The largest absolute Gasteiger partial charge is 0.351 e. The van der Waals surface area contributed by atoms with Gasteiger partial charge in [-0.3, -0.25) is 9.78 Å². The summed E-state index contributed by atoms with van der Waals surface area (Å²) in [5.41, 5.74) is 6.44. The lowest BCUT2D eigenvalue weighted by atomic mass is 9.86. The number of fused-ring (bicyclic) bond motifs is 1. The molecule has 0 aliphatic rings. The Balaban J connectivity index is 1.54. The van der Waals surface area contributed by atoms with Gasteiger partial charge in [-0.25, -0.2) is 4.98 Å². The van der Waals surface area contributed by atoms with Gasteiger partial charge in [0.05, 0.1) is 10.6 Å². The number of hydrogen-bond acceptors (Lipinski definition) is 4. The molecule has 0 fully saturated rings. The molecule has 0 radical (unpaired) electrons. The molecule has 0 unspecified atom stereocenters. The summed E-state index contributed by atoms with van der Waals surface area (Å²) < 4.78 is 0. The third-order valence-corrected chi connectivity index (χ3v) is 6.07. The fraction of sp³-hybridized carbons (Fsp3) is 0.292. The SMILES string of the molecule is CC(C)(C)c1ccc(-c2[nH]c3nccnc3c2CCCNC(=O)c2cccs2)cc1. The van der Waals surface area contributed by atoms with Crippen molar-refractivity contribution in [3.05, 3.63) is 70.2 Å². The Labute approximate surface area is 180 Å². The topological polar surface area (TPSA) is 70.7 Å². The van der Waals surface area contributed by atoms with Crippen LogP contribution in [0.1, 0.15) is 48.0 Å². The molecule has 0 saturated heterocycles. The molecule has 0 atom stereocenters. The number of H-pyrrole nitrogens is 1. The van der Waals surface area contributed by atoms with Crippen molar-refractivity contribution in [1.29, 1.82) is 0 Å². The molecule has 0 aliphatic carbocycles. The maximum Gasteiger partial charge on any atom is 0.261 e. The Hall–Kier alpha value is -2.99. The van der Waals surface area contributed by atoms with E-state index < -0.39 is 0 Å². The maximum absolute atomic E-state index is 12.2. The highest BCUT2D eigenvalue weighted by atomic mass is 32.1. The number of nitrogens with one attached hydrogen (secondary N) is 2. The summed E-state index contributed by atoms with van der Waals surface area (Å²) in [5.74, 6) is -0.0123. The van der Waals surface area contributed by atoms with Crippen LogP contribution in [0.2, 0.25) is 0 Å². The Morgan fingerprint density at radius 2 is 1.87 bits per heavy atom. The summed E-state index contributed by atoms with van der Waals surface area (Å²) in [4.78, 5) is 25.4. The van der Waals surface area contributed by atoms with Crippen LogP contribution < -0.4 is 5.32 Å². The summed E-state index contributed by atoms with van der Waals surface area (Å²) in [5, 5.41) is 4.92. The summed E-state index contributed by atoms with van der Waals surface area (Å²) in [6.07, 6.45) is 5.06. The molecule has 154 valence electrons. The van der Waals surface area contributed by atoms with Crippen LogP contribution in [0, 0.1) is 0 Å². The lowest BCUT2D eigenvalue weighted by Gasteiger charge is -2.19. The lowest BCUT2D eigenvalue weighted by molar-refractivity contribution is 0.0957. The second-order valence-electron chi connectivity index (χ2n) is 8.40. The van der Waals surface area contributed by atoms with Crippen LogP contribution >= 0.6 is 11.3 Å². The molecule has 1 amide bonds. The van der Waals surface area contributed by atoms with Crippen molar-refractivity contribution in [2.24, 2.45) is 0 Å². The third kappa shape index (κ3) is 4.28. The maximum atomic E-state index is 12.2. The zero-order valence-electron chi connectivity index (χ0n) is 17.5. The van der Waals surface area contributed by atoms with Gasteiger partial charge in [0.2, 0.25) is 0 Å². The fourth-order valence-corrected chi connectivity index (χ4v) is 4.19. The summed E-state index contributed by atoms with van der Waals surface area (Å²) in [6.45, 7) is 7.27. The number of amides is 1. The number of hydrogen-bond donors (Lipinski definition) is 2. The molecule has 6 heteroatoms. The number of aromatic nitrogens is 3. The van der Waals surface area contributed by atoms with E-state index >= 15 is 0 Å². The molecule has 0 bridgehead atoms. The highest BCUT2D eigenvalue weighted by Gasteiger charge is 2.17. The van der Waals surface area contributed by atoms with Crippen LogP contribution in [0.25, 0.3) is 22.4 Å². The lowest BCUT2D eigenvalue weighted by Crippen LogP contribution is -2.23. The number of aromatic amines is 1. The van der Waals surface area contributed by atoms with Gasteiger partial charge in [-0.1, -0.05) is 51.1 Å². The minimum Gasteiger partial charge on any atom is -0.351 e. The van der Waals surface area contributed by atoms with E-state index in [-0.39, 0.29) is 11.3 Å². The summed E-state index contributed by atoms with van der Waals surface area (Å²) in [6, 6.07) is 12.4. The monoisotopic (exact) mass is 418 g/mol. The van der Waals surface area contributed by atoms with Gasteiger partial charge in [0, 0.05) is 24.5 Å². The predicted molar refractivity (Wildman–Crippen MR) is 123 cm³/mol. The summed E-state index contributed by atoms with van der Waals surface area (Å²) in [7, 11) is 0. The van der Waals surface area contributed by atoms with Gasteiger partial charge >= 0.3 is 0 Å². The molecule has 5 nitrogen and oxygen atoms in total. The highest BCUT2D eigenvalue weighted by Crippen LogP contribution is 2.31. The zero-order chi connectivity index (χ0) is 21.1. The van der Waals surface area contributed by atoms with E-state index in [0.29, 0.717) is 6.54 Å². The number of carbonyl (C=O) groups is 1. The highest BCUT2D eigenvalue weighted by molar-refractivity contribution is 7.12. The van der Waals surface area contributed by atoms with Crippen LogP contribution in [0.4, 0.5) is 0 Å². The van der Waals surface area contributed by atoms with E-state index in [1.807, 2.05) is 17.5 Å². The minimum atomic E-state index is -0.0123. The average Bonchev–Trinajstić information content (AvgIpc) is 3.39. The van der Waals surface area contributed by atoms with Gasteiger partial charge in [0.1, 0.15) is 5.52 Å². The van der Waals surface area contributed by atoms with Gasteiger partial charge in [-0.2, -0.15) is 0 Å². The minimum absolute atomic E-state index is 0.0123. The molecule has 4 rings (SSSR count). The second-order valence-corrected chi connectivity index (χ2v) is 9.34. The van der Waals surface area contributed by atoms with Crippen molar-refractivity contribution in [2.75, 3.05) is 6.54 Å². The van der Waals surface area contributed by atoms with Gasteiger partial charge in [0.25, 0.3) is 5.91 Å². The third-order valence-electron chi connectivity index (χ3n) is 5.20. The fourth-order valence-electron chi connectivity index (χ4n) is 3.55. The van der Waals surface area contributed by atoms with Crippen molar-refractivity contribution in [2.45, 2.75) is 39.0 Å². The smallest absolute Gasteiger partial charge is 0.261 e. The number of aryl methyl sites for hydroxylation is 1. The molecule has 30 heavy (non-hydrogen) atoms. The van der Waals surface area contributed by atoms with Crippen molar-refractivity contribution in [1.82, 2.24) is 20.3 Å². The predicted octanol–water partition coefficient (Wildman–Crippen LogP) is 5.35. The molecule has 1 aromatic carbocycles. The van der Waals surface area contributed by atoms with E-state index in [1.54, 1.807) is 12.4 Å². The molecule has 0 aliphatic heterocycles. The van der Waals surface area contributed by atoms with E-state index in [0.717, 1.165) is 45.7 Å². The average molecular weight is 419 g/mol. The number of thiophene rings is 1. The molecule has 0 saturated carbocycles. The van der Waals surface area contributed by atoms with Crippen LogP contribution in [-0.4, -0.2) is 27.4 Å². The molecule has 3 heterocycles. The van der Waals surface area contributed by atoms with E-state index in [9.17, 15) is 4.79 Å². The van der Waals surface area contributed by atoms with Crippen molar-refractivity contribution >= 4 is 28.4 Å². The van der Waals surface area contributed by atoms with E-state index in [2.05, 4.69) is 65.3 Å². The number of rotatable bonds is 6. The normalized spacial score (nSPS) is 11.7. The second kappa shape index (κ2) is 8.40. The molecular formula is C24H26N4OS. The first-order chi connectivity index (χ1) is 14.4. The standard InChI is InChI=1S/C24H26N4OS/c1-24(2,3)17-10-8-16(9-11-17)20-18(21-22(28-20)26-14-13-25-21)6-4-12-27-23(29)19-7-5-15-30-19/h5,7-11,13-15H,4,6,12H2,1-3H3,(H,26,28)(H,27,29). The molecule has 2 N–H and O–H groups in total. The molecular weight excluding hydrogens is 392 g/mol. The van der Waals surface area contributed by atoms with Gasteiger partial charge in [-0.15, -0.1) is 11.3 Å². The number of benzene rings is 1. The number of nitrogens with zero attached hydrogens (tertiary/aromatic N) is 2. The number of carbonyl (C=O) groups excluding carboxylic acids is 1. The Morgan fingerprint density at radius 3 is 2.57 bits per heavy atom. The van der Waals surface area contributed by atoms with Crippen molar-refractivity contribution < 1.29 is 4.79 Å². The van der Waals surface area contributed by atoms with Gasteiger partial charge in [-0.05, 0) is 40.8 Å².